The van der Waals surface area contributed by atoms with Crippen LogP contribution >= 0.6 is 35.0 Å². The largest absolute Gasteiger partial charge is 0.349 e. The van der Waals surface area contributed by atoms with Gasteiger partial charge in [0.1, 0.15) is 11.6 Å². The van der Waals surface area contributed by atoms with Crippen LogP contribution in [-0.2, 0) is 0 Å². The Morgan fingerprint density at radius 1 is 1.13 bits per heavy atom. The van der Waals surface area contributed by atoms with Crippen LogP contribution in [0, 0.1) is 11.3 Å². The second kappa shape index (κ2) is 8.07. The fourth-order valence-corrected chi connectivity index (χ4v) is 2.77. The zero-order valence-electron chi connectivity index (χ0n) is 12.1. The quantitative estimate of drug-likeness (QED) is 0.440. The van der Waals surface area contributed by atoms with E-state index in [0.717, 1.165) is 5.69 Å². The molecule has 6 heteroatoms. The predicted octanol–water partition coefficient (Wildman–Crippen LogP) is 5.39. The zero-order valence-corrected chi connectivity index (χ0v) is 14.5. The summed E-state index contributed by atoms with van der Waals surface area (Å²) in [4.78, 5) is 12.6. The SMILES string of the molecule is CSC(Nc1ccc(Cl)cc1)=C(C#N)C(=O)c1ccccc1Cl. The van der Waals surface area contributed by atoms with Gasteiger partial charge in [0.2, 0.25) is 5.78 Å². The van der Waals surface area contributed by atoms with E-state index in [1.165, 1.54) is 11.8 Å². The molecule has 2 aromatic rings. The second-order valence-corrected chi connectivity index (χ2v) is 6.12. The number of hydrogen-bond donors (Lipinski definition) is 1. The van der Waals surface area contributed by atoms with E-state index in [1.807, 2.05) is 6.07 Å². The van der Waals surface area contributed by atoms with Gasteiger partial charge in [0.05, 0.1) is 10.1 Å². The fourth-order valence-electron chi connectivity index (χ4n) is 1.86. The standard InChI is InChI=1S/C17H12Cl2N2OS/c1-23-17(21-12-8-6-11(18)7-9-12)14(10-20)16(22)13-4-2-3-5-15(13)19/h2-9,21H,1H3. The van der Waals surface area contributed by atoms with Gasteiger partial charge in [-0.25, -0.2) is 0 Å². The summed E-state index contributed by atoms with van der Waals surface area (Å²) in [5.41, 5.74) is 1.05. The summed E-state index contributed by atoms with van der Waals surface area (Å²) in [6.45, 7) is 0. The van der Waals surface area contributed by atoms with Crippen molar-refractivity contribution in [3.05, 3.63) is 74.7 Å². The number of Topliss-reactive ketones (excluding diaryl/α,β-unsaturated/α-hetero) is 1. The molecule has 0 atom stereocenters. The maximum absolute atomic E-state index is 12.6. The molecule has 1 N–H and O–H groups in total. The van der Waals surface area contributed by atoms with Crippen LogP contribution < -0.4 is 5.32 Å². The van der Waals surface area contributed by atoms with E-state index in [-0.39, 0.29) is 5.57 Å². The minimum Gasteiger partial charge on any atom is -0.349 e. The molecule has 0 aromatic heterocycles. The number of nitrogens with one attached hydrogen (secondary N) is 1. The first-order valence-electron chi connectivity index (χ1n) is 6.57. The van der Waals surface area contributed by atoms with Crippen molar-refractivity contribution >= 4 is 46.4 Å². The summed E-state index contributed by atoms with van der Waals surface area (Å²) < 4.78 is 0. The number of allylic oxidation sites excluding steroid dienone is 1. The van der Waals surface area contributed by atoms with E-state index in [0.29, 0.717) is 20.6 Å². The van der Waals surface area contributed by atoms with Gasteiger partial charge in [0.15, 0.2) is 0 Å². The van der Waals surface area contributed by atoms with E-state index >= 15 is 0 Å². The Hall–Kier alpha value is -1.93. The van der Waals surface area contributed by atoms with Crippen molar-refractivity contribution in [3.63, 3.8) is 0 Å². The predicted molar refractivity (Wildman–Crippen MR) is 97.0 cm³/mol. The van der Waals surface area contributed by atoms with Gasteiger partial charge in [0.25, 0.3) is 0 Å². The molecule has 23 heavy (non-hydrogen) atoms. The van der Waals surface area contributed by atoms with Crippen LogP contribution in [0.15, 0.2) is 59.1 Å². The third kappa shape index (κ3) is 4.29. The van der Waals surface area contributed by atoms with Gasteiger partial charge < -0.3 is 5.32 Å². The Balaban J connectivity index is 2.40. The van der Waals surface area contributed by atoms with Crippen molar-refractivity contribution in [2.45, 2.75) is 0 Å². The number of carbonyl (C=O) groups excluding carboxylic acids is 1. The number of halogens is 2. The van der Waals surface area contributed by atoms with Crippen LogP contribution in [-0.4, -0.2) is 12.0 Å². The summed E-state index contributed by atoms with van der Waals surface area (Å²) in [5, 5.41) is 13.9. The molecule has 0 aliphatic carbocycles. The molecule has 2 aromatic carbocycles. The lowest BCUT2D eigenvalue weighted by molar-refractivity contribution is 0.103. The Morgan fingerprint density at radius 3 is 2.35 bits per heavy atom. The van der Waals surface area contributed by atoms with Crippen LogP contribution in [0.5, 0.6) is 0 Å². The molecular formula is C17H12Cl2N2OS. The van der Waals surface area contributed by atoms with Crippen LogP contribution in [0.1, 0.15) is 10.4 Å². The number of anilines is 1. The van der Waals surface area contributed by atoms with Crippen molar-refractivity contribution < 1.29 is 4.79 Å². The number of nitriles is 1. The highest BCUT2D eigenvalue weighted by Gasteiger charge is 2.19. The molecule has 0 saturated carbocycles. The van der Waals surface area contributed by atoms with Gasteiger partial charge in [-0.3, -0.25) is 4.79 Å². The first kappa shape index (κ1) is 17.4. The summed E-state index contributed by atoms with van der Waals surface area (Å²) in [7, 11) is 0. The normalized spacial score (nSPS) is 11.4. The second-order valence-electron chi connectivity index (χ2n) is 4.46. The zero-order chi connectivity index (χ0) is 16.8. The minimum absolute atomic E-state index is 0.0144. The van der Waals surface area contributed by atoms with Crippen LogP contribution in [0.4, 0.5) is 5.69 Å². The van der Waals surface area contributed by atoms with Crippen LogP contribution in [0.25, 0.3) is 0 Å². The minimum atomic E-state index is -0.413. The fraction of sp³-hybridized carbons (Fsp3) is 0.0588. The van der Waals surface area contributed by atoms with Crippen molar-refractivity contribution in [2.75, 3.05) is 11.6 Å². The van der Waals surface area contributed by atoms with E-state index in [9.17, 15) is 10.1 Å². The summed E-state index contributed by atoms with van der Waals surface area (Å²) in [5.74, 6) is -0.413. The first-order valence-corrected chi connectivity index (χ1v) is 8.55. The number of rotatable bonds is 5. The molecule has 0 spiro atoms. The van der Waals surface area contributed by atoms with E-state index in [2.05, 4.69) is 5.32 Å². The van der Waals surface area contributed by atoms with Gasteiger partial charge in [-0.05, 0) is 42.7 Å². The number of nitrogens with zero attached hydrogens (tertiary/aromatic N) is 1. The topological polar surface area (TPSA) is 52.9 Å². The van der Waals surface area contributed by atoms with Crippen molar-refractivity contribution in [2.24, 2.45) is 0 Å². The average molecular weight is 363 g/mol. The molecule has 116 valence electrons. The highest BCUT2D eigenvalue weighted by atomic mass is 35.5. The molecule has 2 rings (SSSR count). The first-order chi connectivity index (χ1) is 11.1. The van der Waals surface area contributed by atoms with Crippen LogP contribution in [0.2, 0.25) is 10.0 Å². The van der Waals surface area contributed by atoms with Gasteiger partial charge in [0, 0.05) is 16.3 Å². The Morgan fingerprint density at radius 2 is 1.78 bits per heavy atom. The lowest BCUT2D eigenvalue weighted by atomic mass is 10.1. The van der Waals surface area contributed by atoms with Crippen molar-refractivity contribution in [1.82, 2.24) is 0 Å². The highest BCUT2D eigenvalue weighted by Crippen LogP contribution is 2.26. The van der Waals surface area contributed by atoms with E-state index in [1.54, 1.807) is 54.8 Å². The highest BCUT2D eigenvalue weighted by molar-refractivity contribution is 8.02. The van der Waals surface area contributed by atoms with Gasteiger partial charge in [-0.1, -0.05) is 35.3 Å². The molecule has 0 radical (unpaired) electrons. The molecule has 0 heterocycles. The molecule has 0 bridgehead atoms. The Bertz CT molecular complexity index is 795. The third-order valence-corrected chi connectivity index (χ3v) is 4.29. The maximum Gasteiger partial charge on any atom is 0.207 e. The smallest absolute Gasteiger partial charge is 0.207 e. The van der Waals surface area contributed by atoms with E-state index in [4.69, 9.17) is 23.2 Å². The number of carbonyl (C=O) groups is 1. The molecule has 0 unspecified atom stereocenters. The number of hydrogen-bond acceptors (Lipinski definition) is 4. The average Bonchev–Trinajstić information content (AvgIpc) is 2.56. The Labute approximate surface area is 148 Å². The third-order valence-electron chi connectivity index (χ3n) is 2.99. The molecule has 0 aliphatic heterocycles. The lowest BCUT2D eigenvalue weighted by Crippen LogP contribution is -2.09. The lowest BCUT2D eigenvalue weighted by Gasteiger charge is -2.11. The molecule has 3 nitrogen and oxygen atoms in total. The molecular weight excluding hydrogens is 351 g/mol. The number of thioether (sulfide) groups is 1. The van der Waals surface area contributed by atoms with Crippen molar-refractivity contribution in [1.29, 1.82) is 5.26 Å². The van der Waals surface area contributed by atoms with Crippen molar-refractivity contribution in [3.8, 4) is 6.07 Å². The summed E-state index contributed by atoms with van der Waals surface area (Å²) in [6.07, 6.45) is 1.79. The summed E-state index contributed by atoms with van der Waals surface area (Å²) >= 11 is 13.2. The molecule has 0 aliphatic rings. The van der Waals surface area contributed by atoms with Gasteiger partial charge in [-0.15, -0.1) is 11.8 Å². The molecule has 0 amide bonds. The van der Waals surface area contributed by atoms with E-state index < -0.39 is 5.78 Å². The maximum atomic E-state index is 12.6. The monoisotopic (exact) mass is 362 g/mol. The number of ketones is 1. The molecule has 0 fully saturated rings. The van der Waals surface area contributed by atoms with Crippen LogP contribution in [0.3, 0.4) is 0 Å². The molecule has 0 saturated heterocycles. The van der Waals surface area contributed by atoms with Gasteiger partial charge >= 0.3 is 0 Å². The summed E-state index contributed by atoms with van der Waals surface area (Å²) in [6, 6.07) is 15.6. The van der Waals surface area contributed by atoms with Gasteiger partial charge in [-0.2, -0.15) is 5.26 Å². The Kier molecular flexibility index (Phi) is 6.12. The number of benzene rings is 2.